The average Bonchev–Trinajstić information content (AvgIpc) is 2.31. The summed E-state index contributed by atoms with van der Waals surface area (Å²) in [5.74, 6) is 0. The quantitative estimate of drug-likeness (QED) is 0.763. The first-order chi connectivity index (χ1) is 8.79. The highest BCUT2D eigenvalue weighted by molar-refractivity contribution is 5.55. The zero-order valence-corrected chi connectivity index (χ0v) is 13.3. The van der Waals surface area contributed by atoms with Crippen molar-refractivity contribution in [3.63, 3.8) is 0 Å². The minimum atomic E-state index is 0.235. The van der Waals surface area contributed by atoms with Crippen LogP contribution in [0.3, 0.4) is 0 Å². The number of aryl methyl sites for hydroxylation is 1. The summed E-state index contributed by atoms with van der Waals surface area (Å²) in [6.07, 6.45) is 0. The van der Waals surface area contributed by atoms with Gasteiger partial charge in [-0.05, 0) is 43.5 Å². The van der Waals surface area contributed by atoms with Crippen LogP contribution in [-0.2, 0) is 5.41 Å². The molecule has 1 atom stereocenters. The third kappa shape index (κ3) is 3.11. The van der Waals surface area contributed by atoms with Crippen LogP contribution in [0.4, 0.5) is 5.69 Å². The summed E-state index contributed by atoms with van der Waals surface area (Å²) in [6, 6.07) is 7.60. The van der Waals surface area contributed by atoms with Gasteiger partial charge < -0.3 is 9.80 Å². The lowest BCUT2D eigenvalue weighted by molar-refractivity contribution is 0.234. The highest BCUT2D eigenvalue weighted by Gasteiger charge is 2.22. The van der Waals surface area contributed by atoms with Gasteiger partial charge in [0.25, 0.3) is 0 Å². The van der Waals surface area contributed by atoms with E-state index in [1.54, 1.807) is 0 Å². The fraction of sp³-hybridized carbons (Fsp3) is 0.647. The van der Waals surface area contributed by atoms with Crippen LogP contribution < -0.4 is 4.90 Å². The lowest BCUT2D eigenvalue weighted by atomic mass is 9.86. The number of hydrogen-bond acceptors (Lipinski definition) is 2. The van der Waals surface area contributed by atoms with Gasteiger partial charge in [-0.25, -0.2) is 0 Å². The fourth-order valence-corrected chi connectivity index (χ4v) is 2.74. The maximum atomic E-state index is 2.53. The number of benzene rings is 1. The van der Waals surface area contributed by atoms with Crippen molar-refractivity contribution in [1.29, 1.82) is 0 Å². The summed E-state index contributed by atoms with van der Waals surface area (Å²) in [7, 11) is 2.22. The molecule has 1 fully saturated rings. The van der Waals surface area contributed by atoms with E-state index in [0.29, 0.717) is 6.04 Å². The van der Waals surface area contributed by atoms with Crippen molar-refractivity contribution in [2.45, 2.75) is 46.1 Å². The van der Waals surface area contributed by atoms with Gasteiger partial charge in [-0.15, -0.1) is 0 Å². The molecule has 0 unspecified atom stereocenters. The van der Waals surface area contributed by atoms with Crippen LogP contribution >= 0.6 is 0 Å². The molecule has 0 aromatic heterocycles. The molecule has 1 heterocycles. The van der Waals surface area contributed by atoms with Crippen LogP contribution in [0.15, 0.2) is 18.2 Å². The van der Waals surface area contributed by atoms with Crippen LogP contribution in [0.2, 0.25) is 0 Å². The van der Waals surface area contributed by atoms with Gasteiger partial charge in [0, 0.05) is 31.4 Å². The number of nitrogens with zero attached hydrogens (tertiary/aromatic N) is 2. The molecule has 1 aromatic rings. The minimum Gasteiger partial charge on any atom is -0.368 e. The van der Waals surface area contributed by atoms with Crippen molar-refractivity contribution in [2.24, 2.45) is 0 Å². The van der Waals surface area contributed by atoms with E-state index in [-0.39, 0.29) is 5.41 Å². The Kier molecular flexibility index (Phi) is 3.91. The summed E-state index contributed by atoms with van der Waals surface area (Å²) in [6.45, 7) is 14.8. The van der Waals surface area contributed by atoms with Gasteiger partial charge in [0.15, 0.2) is 0 Å². The Bertz CT molecular complexity index is 445. The van der Waals surface area contributed by atoms with Crippen molar-refractivity contribution >= 4 is 5.69 Å². The molecule has 0 bridgehead atoms. The SMILES string of the molecule is Cc1cc(C(C)(C)C)ccc1N1CCN(C)[C@@H](C)C1. The van der Waals surface area contributed by atoms with Gasteiger partial charge >= 0.3 is 0 Å². The number of anilines is 1. The highest BCUT2D eigenvalue weighted by atomic mass is 15.3. The van der Waals surface area contributed by atoms with Crippen molar-refractivity contribution in [3.8, 4) is 0 Å². The second-order valence-electron chi connectivity index (χ2n) is 7.03. The molecule has 19 heavy (non-hydrogen) atoms. The molecule has 106 valence electrons. The molecule has 0 amide bonds. The molecule has 1 aromatic carbocycles. The summed E-state index contributed by atoms with van der Waals surface area (Å²) in [5.41, 5.74) is 4.48. The maximum absolute atomic E-state index is 2.53. The lowest BCUT2D eigenvalue weighted by Gasteiger charge is -2.39. The van der Waals surface area contributed by atoms with Gasteiger partial charge in [0.1, 0.15) is 0 Å². The highest BCUT2D eigenvalue weighted by Crippen LogP contribution is 2.29. The van der Waals surface area contributed by atoms with Crippen LogP contribution in [0.5, 0.6) is 0 Å². The van der Waals surface area contributed by atoms with Crippen molar-refractivity contribution in [3.05, 3.63) is 29.3 Å². The van der Waals surface area contributed by atoms with E-state index in [4.69, 9.17) is 0 Å². The Morgan fingerprint density at radius 3 is 2.37 bits per heavy atom. The van der Waals surface area contributed by atoms with Crippen molar-refractivity contribution < 1.29 is 0 Å². The predicted octanol–water partition coefficient (Wildman–Crippen LogP) is 3.43. The normalized spacial score (nSPS) is 21.8. The van der Waals surface area contributed by atoms with Gasteiger partial charge in [-0.1, -0.05) is 32.9 Å². The summed E-state index contributed by atoms with van der Waals surface area (Å²) in [4.78, 5) is 4.97. The minimum absolute atomic E-state index is 0.235. The first-order valence-electron chi connectivity index (χ1n) is 7.35. The first-order valence-corrected chi connectivity index (χ1v) is 7.35. The summed E-state index contributed by atoms with van der Waals surface area (Å²) >= 11 is 0. The monoisotopic (exact) mass is 260 g/mol. The third-order valence-electron chi connectivity index (χ3n) is 4.36. The lowest BCUT2D eigenvalue weighted by Crippen LogP contribution is -2.50. The Labute approximate surface area is 118 Å². The number of rotatable bonds is 1. The van der Waals surface area contributed by atoms with E-state index < -0.39 is 0 Å². The molecule has 0 radical (unpaired) electrons. The van der Waals surface area contributed by atoms with Gasteiger partial charge in [0.2, 0.25) is 0 Å². The van der Waals surface area contributed by atoms with Crippen LogP contribution in [0.25, 0.3) is 0 Å². The molecule has 0 N–H and O–H groups in total. The maximum Gasteiger partial charge on any atom is 0.0397 e. The predicted molar refractivity (Wildman–Crippen MR) is 84.2 cm³/mol. The Morgan fingerprint density at radius 2 is 1.84 bits per heavy atom. The van der Waals surface area contributed by atoms with Gasteiger partial charge in [0.05, 0.1) is 0 Å². The average molecular weight is 260 g/mol. The molecular weight excluding hydrogens is 232 g/mol. The smallest absolute Gasteiger partial charge is 0.0397 e. The Hall–Kier alpha value is -1.02. The molecule has 2 nitrogen and oxygen atoms in total. The second-order valence-corrected chi connectivity index (χ2v) is 7.03. The van der Waals surface area contributed by atoms with E-state index in [1.807, 2.05) is 0 Å². The van der Waals surface area contributed by atoms with Crippen LogP contribution in [0.1, 0.15) is 38.8 Å². The molecule has 1 aliphatic heterocycles. The van der Waals surface area contributed by atoms with Crippen molar-refractivity contribution in [2.75, 3.05) is 31.6 Å². The fourth-order valence-electron chi connectivity index (χ4n) is 2.74. The summed E-state index contributed by atoms with van der Waals surface area (Å²) in [5, 5.41) is 0. The van der Waals surface area contributed by atoms with Crippen molar-refractivity contribution in [1.82, 2.24) is 4.90 Å². The summed E-state index contributed by atoms with van der Waals surface area (Å²) < 4.78 is 0. The molecule has 0 saturated carbocycles. The largest absolute Gasteiger partial charge is 0.368 e. The molecular formula is C17H28N2. The first kappa shape index (κ1) is 14.4. The molecule has 1 aliphatic rings. The molecule has 2 rings (SSSR count). The van der Waals surface area contributed by atoms with E-state index in [9.17, 15) is 0 Å². The molecule has 0 spiro atoms. The van der Waals surface area contributed by atoms with E-state index in [0.717, 1.165) is 19.6 Å². The standard InChI is InChI=1S/C17H28N2/c1-13-11-15(17(3,4)5)7-8-16(13)19-10-9-18(6)14(2)12-19/h7-8,11,14H,9-10,12H2,1-6H3/t14-/m0/s1. The zero-order chi connectivity index (χ0) is 14.2. The van der Waals surface area contributed by atoms with Gasteiger partial charge in [-0.3, -0.25) is 0 Å². The number of likely N-dealkylation sites (N-methyl/N-ethyl adjacent to an activating group) is 1. The number of hydrogen-bond donors (Lipinski definition) is 0. The van der Waals surface area contributed by atoms with Crippen LogP contribution in [-0.4, -0.2) is 37.6 Å². The van der Waals surface area contributed by atoms with E-state index >= 15 is 0 Å². The van der Waals surface area contributed by atoms with E-state index in [1.165, 1.54) is 16.8 Å². The topological polar surface area (TPSA) is 6.48 Å². The second kappa shape index (κ2) is 5.16. The third-order valence-corrected chi connectivity index (χ3v) is 4.36. The van der Waals surface area contributed by atoms with Gasteiger partial charge in [-0.2, -0.15) is 0 Å². The van der Waals surface area contributed by atoms with Crippen LogP contribution in [0, 0.1) is 6.92 Å². The molecule has 1 saturated heterocycles. The zero-order valence-electron chi connectivity index (χ0n) is 13.3. The Morgan fingerprint density at radius 1 is 1.16 bits per heavy atom. The Balaban J connectivity index is 2.22. The number of piperazine rings is 1. The van der Waals surface area contributed by atoms with E-state index in [2.05, 4.69) is 69.7 Å². The molecule has 0 aliphatic carbocycles. The molecule has 2 heteroatoms.